The van der Waals surface area contributed by atoms with Crippen molar-refractivity contribution < 1.29 is 9.90 Å². The van der Waals surface area contributed by atoms with Crippen molar-refractivity contribution in [2.24, 2.45) is 0 Å². The molecular weight excluding hydrogens is 218 g/mol. The summed E-state index contributed by atoms with van der Waals surface area (Å²) in [4.78, 5) is 16.9. The van der Waals surface area contributed by atoms with Gasteiger partial charge in [-0.25, -0.2) is 4.79 Å². The van der Waals surface area contributed by atoms with Gasteiger partial charge in [-0.3, -0.25) is 4.98 Å². The minimum absolute atomic E-state index is 0.480. The second kappa shape index (κ2) is 4.83. The number of rotatable bonds is 2. The van der Waals surface area contributed by atoms with E-state index in [0.717, 1.165) is 12.8 Å². The highest BCUT2D eigenvalue weighted by atomic mass is 16.4. The topological polar surface area (TPSA) is 77.2 Å². The van der Waals surface area contributed by atoms with Crippen LogP contribution in [0.25, 0.3) is 0 Å². The molecule has 1 unspecified atom stereocenters. The van der Waals surface area contributed by atoms with E-state index < -0.39 is 12.0 Å². The monoisotopic (exact) mass is 231 g/mol. The number of aromatic nitrogens is 1. The molecule has 5 nitrogen and oxygen atoms in total. The van der Waals surface area contributed by atoms with Crippen molar-refractivity contribution in [3.8, 4) is 6.07 Å². The summed E-state index contributed by atoms with van der Waals surface area (Å²) in [6, 6.07) is 3.15. The number of hydrogen-bond donors (Lipinski definition) is 1. The minimum Gasteiger partial charge on any atom is -0.480 e. The van der Waals surface area contributed by atoms with Crippen LogP contribution in [0.1, 0.15) is 24.8 Å². The van der Waals surface area contributed by atoms with Gasteiger partial charge in [0.2, 0.25) is 0 Å². The van der Waals surface area contributed by atoms with E-state index in [1.807, 2.05) is 0 Å². The van der Waals surface area contributed by atoms with Gasteiger partial charge in [0.05, 0.1) is 17.4 Å². The fourth-order valence-electron chi connectivity index (χ4n) is 2.19. The van der Waals surface area contributed by atoms with Gasteiger partial charge in [-0.1, -0.05) is 0 Å². The Morgan fingerprint density at radius 2 is 2.41 bits per heavy atom. The van der Waals surface area contributed by atoms with E-state index >= 15 is 0 Å². The molecule has 0 amide bonds. The first-order valence-electron chi connectivity index (χ1n) is 5.57. The molecule has 5 heteroatoms. The van der Waals surface area contributed by atoms with Gasteiger partial charge < -0.3 is 10.0 Å². The number of piperidine rings is 1. The number of aliphatic carboxylic acids is 1. The van der Waals surface area contributed by atoms with E-state index in [2.05, 4.69) is 11.1 Å². The van der Waals surface area contributed by atoms with Crippen molar-refractivity contribution >= 4 is 11.7 Å². The zero-order valence-corrected chi connectivity index (χ0v) is 9.33. The van der Waals surface area contributed by atoms with Crippen molar-refractivity contribution in [1.82, 2.24) is 4.98 Å². The zero-order chi connectivity index (χ0) is 12.3. The number of pyridine rings is 1. The van der Waals surface area contributed by atoms with E-state index in [1.165, 1.54) is 0 Å². The maximum absolute atomic E-state index is 11.2. The predicted molar refractivity (Wildman–Crippen MR) is 61.6 cm³/mol. The molecular formula is C12H13N3O2. The number of nitriles is 1. The Bertz CT molecular complexity index is 467. The predicted octanol–water partition coefficient (Wildman–Crippen LogP) is 1.40. The highest BCUT2D eigenvalue weighted by Crippen LogP contribution is 2.26. The van der Waals surface area contributed by atoms with E-state index in [9.17, 15) is 9.90 Å². The molecule has 0 spiro atoms. The van der Waals surface area contributed by atoms with Crippen LogP contribution in [0.4, 0.5) is 5.69 Å². The molecule has 0 radical (unpaired) electrons. The van der Waals surface area contributed by atoms with Crippen LogP contribution in [0.3, 0.4) is 0 Å². The molecule has 1 atom stereocenters. The van der Waals surface area contributed by atoms with Gasteiger partial charge in [-0.2, -0.15) is 5.26 Å². The third-order valence-electron chi connectivity index (χ3n) is 3.02. The van der Waals surface area contributed by atoms with Gasteiger partial charge in [0.15, 0.2) is 0 Å². The molecule has 1 fully saturated rings. The molecule has 1 aromatic rings. The van der Waals surface area contributed by atoms with Crippen LogP contribution < -0.4 is 4.90 Å². The molecule has 0 bridgehead atoms. The summed E-state index contributed by atoms with van der Waals surface area (Å²) in [6.07, 6.45) is 5.59. The van der Waals surface area contributed by atoms with E-state index in [0.29, 0.717) is 24.2 Å². The lowest BCUT2D eigenvalue weighted by molar-refractivity contribution is -0.139. The first kappa shape index (κ1) is 11.4. The summed E-state index contributed by atoms with van der Waals surface area (Å²) < 4.78 is 0. The smallest absolute Gasteiger partial charge is 0.326 e. The third kappa shape index (κ3) is 2.21. The molecule has 1 aromatic heterocycles. The van der Waals surface area contributed by atoms with Gasteiger partial charge in [0.1, 0.15) is 12.1 Å². The SMILES string of the molecule is N#Cc1ccncc1N1CCCCC1C(=O)O. The molecule has 0 saturated carbocycles. The molecule has 88 valence electrons. The van der Waals surface area contributed by atoms with Gasteiger partial charge in [-0.05, 0) is 25.3 Å². The van der Waals surface area contributed by atoms with Gasteiger partial charge in [0, 0.05) is 12.7 Å². The van der Waals surface area contributed by atoms with Crippen LogP contribution in [0.15, 0.2) is 18.5 Å². The number of carboxylic acids is 1. The Hall–Kier alpha value is -2.09. The van der Waals surface area contributed by atoms with E-state index in [1.54, 1.807) is 23.4 Å². The number of nitrogens with zero attached hydrogens (tertiary/aromatic N) is 3. The quantitative estimate of drug-likeness (QED) is 0.832. The standard InChI is InChI=1S/C12H13N3O2/c13-7-9-4-5-14-8-11(9)15-6-2-1-3-10(15)12(16)17/h4-5,8,10H,1-3,6H2,(H,16,17). The summed E-state index contributed by atoms with van der Waals surface area (Å²) in [5.41, 5.74) is 1.11. The highest BCUT2D eigenvalue weighted by Gasteiger charge is 2.29. The number of carbonyl (C=O) groups is 1. The molecule has 2 rings (SSSR count). The molecule has 0 aliphatic carbocycles. The van der Waals surface area contributed by atoms with Crippen LogP contribution in [0.2, 0.25) is 0 Å². The molecule has 1 N–H and O–H groups in total. The molecule has 0 aromatic carbocycles. The lowest BCUT2D eigenvalue weighted by Gasteiger charge is -2.34. The summed E-state index contributed by atoms with van der Waals surface area (Å²) in [5, 5.41) is 18.2. The van der Waals surface area contributed by atoms with E-state index in [4.69, 9.17) is 5.26 Å². The first-order chi connectivity index (χ1) is 8.24. The fraction of sp³-hybridized carbons (Fsp3) is 0.417. The number of hydrogen-bond acceptors (Lipinski definition) is 4. The van der Waals surface area contributed by atoms with Gasteiger partial charge in [-0.15, -0.1) is 0 Å². The highest BCUT2D eigenvalue weighted by molar-refractivity contribution is 5.79. The Balaban J connectivity index is 2.36. The van der Waals surface area contributed by atoms with Crippen LogP contribution in [-0.4, -0.2) is 28.6 Å². The summed E-state index contributed by atoms with van der Waals surface area (Å²) in [7, 11) is 0. The van der Waals surface area contributed by atoms with Crippen molar-refractivity contribution in [1.29, 1.82) is 5.26 Å². The largest absolute Gasteiger partial charge is 0.480 e. The third-order valence-corrected chi connectivity index (χ3v) is 3.02. The second-order valence-corrected chi connectivity index (χ2v) is 4.05. The Labute approximate surface area is 99.3 Å². The minimum atomic E-state index is -0.836. The van der Waals surface area contributed by atoms with Gasteiger partial charge in [0.25, 0.3) is 0 Å². The van der Waals surface area contributed by atoms with Crippen molar-refractivity contribution in [3.63, 3.8) is 0 Å². The average molecular weight is 231 g/mol. The summed E-state index contributed by atoms with van der Waals surface area (Å²) in [5.74, 6) is -0.836. The van der Waals surface area contributed by atoms with Crippen LogP contribution in [0.5, 0.6) is 0 Å². The van der Waals surface area contributed by atoms with E-state index in [-0.39, 0.29) is 0 Å². The number of carboxylic acid groups (broad SMARTS) is 1. The molecule has 17 heavy (non-hydrogen) atoms. The van der Waals surface area contributed by atoms with Gasteiger partial charge >= 0.3 is 5.97 Å². The van der Waals surface area contributed by atoms with Crippen molar-refractivity contribution in [2.75, 3.05) is 11.4 Å². The number of anilines is 1. The summed E-state index contributed by atoms with van der Waals surface area (Å²) in [6.45, 7) is 0.664. The second-order valence-electron chi connectivity index (χ2n) is 4.05. The van der Waals surface area contributed by atoms with Crippen LogP contribution in [-0.2, 0) is 4.79 Å². The summed E-state index contributed by atoms with van der Waals surface area (Å²) >= 11 is 0. The van der Waals surface area contributed by atoms with Crippen LogP contribution >= 0.6 is 0 Å². The Kier molecular flexibility index (Phi) is 3.24. The van der Waals surface area contributed by atoms with Crippen molar-refractivity contribution in [3.05, 3.63) is 24.0 Å². The lowest BCUT2D eigenvalue weighted by Crippen LogP contribution is -2.45. The molecule has 1 aliphatic heterocycles. The average Bonchev–Trinajstić information content (AvgIpc) is 2.38. The zero-order valence-electron chi connectivity index (χ0n) is 9.33. The first-order valence-corrected chi connectivity index (χ1v) is 5.57. The Morgan fingerprint density at radius 1 is 1.59 bits per heavy atom. The molecule has 2 heterocycles. The van der Waals surface area contributed by atoms with Crippen molar-refractivity contribution in [2.45, 2.75) is 25.3 Å². The normalized spacial score (nSPS) is 19.7. The maximum atomic E-state index is 11.2. The fourth-order valence-corrected chi connectivity index (χ4v) is 2.19. The van der Waals surface area contributed by atoms with Crippen LogP contribution in [0, 0.1) is 11.3 Å². The maximum Gasteiger partial charge on any atom is 0.326 e. The molecule has 1 aliphatic rings. The lowest BCUT2D eigenvalue weighted by atomic mass is 10.0. The molecule has 1 saturated heterocycles. The Morgan fingerprint density at radius 3 is 3.12 bits per heavy atom.